The minimum absolute atomic E-state index is 0.626. The van der Waals surface area contributed by atoms with Gasteiger partial charge in [0.25, 0.3) is 0 Å². The van der Waals surface area contributed by atoms with Gasteiger partial charge in [-0.2, -0.15) is 0 Å². The lowest BCUT2D eigenvalue weighted by atomic mass is 10.1. The van der Waals surface area contributed by atoms with Gasteiger partial charge in [0, 0.05) is 18.7 Å². The van der Waals surface area contributed by atoms with E-state index >= 15 is 0 Å². The van der Waals surface area contributed by atoms with E-state index in [4.69, 9.17) is 11.6 Å². The fraction of sp³-hybridized carbons (Fsp3) is 0.583. The molecule has 2 rings (SSSR count). The van der Waals surface area contributed by atoms with Crippen molar-refractivity contribution in [2.24, 2.45) is 0 Å². The Kier molecular flexibility index (Phi) is 3.75. The Labute approximate surface area is 110 Å². The Balaban J connectivity index is 2.45. The number of rotatable bonds is 1. The molecule has 0 spiro atoms. The van der Waals surface area contributed by atoms with E-state index in [1.54, 1.807) is 0 Å². The molecule has 0 unspecified atom stereocenters. The maximum atomic E-state index is 6.15. The summed E-state index contributed by atoms with van der Waals surface area (Å²) in [4.78, 5) is 6.74. The smallest absolute Gasteiger partial charge is 0.134 e. The first kappa shape index (κ1) is 12.2. The summed E-state index contributed by atoms with van der Waals surface area (Å²) < 4.78 is 1.09. The normalized spacial score (nSPS) is 16.6. The third kappa shape index (κ3) is 2.21. The van der Waals surface area contributed by atoms with E-state index in [9.17, 15) is 0 Å². The first-order valence-corrected chi connectivity index (χ1v) is 6.85. The van der Waals surface area contributed by atoms with Crippen LogP contribution >= 0.6 is 27.5 Å². The van der Waals surface area contributed by atoms with Gasteiger partial charge in [-0.3, -0.25) is 0 Å². The van der Waals surface area contributed by atoms with E-state index in [-0.39, 0.29) is 0 Å². The molecule has 0 atom stereocenters. The van der Waals surface area contributed by atoms with Crippen LogP contribution < -0.4 is 4.90 Å². The van der Waals surface area contributed by atoms with Crippen molar-refractivity contribution < 1.29 is 0 Å². The van der Waals surface area contributed by atoms with E-state index in [0.717, 1.165) is 28.8 Å². The van der Waals surface area contributed by atoms with Crippen molar-refractivity contribution in [3.8, 4) is 0 Å². The first-order valence-electron chi connectivity index (χ1n) is 5.68. The molecule has 2 nitrogen and oxygen atoms in total. The van der Waals surface area contributed by atoms with E-state index < -0.39 is 0 Å². The molecule has 1 aliphatic rings. The van der Waals surface area contributed by atoms with Crippen LogP contribution in [0.2, 0.25) is 5.15 Å². The molecule has 1 aliphatic heterocycles. The molecule has 0 radical (unpaired) electrons. The van der Waals surface area contributed by atoms with Gasteiger partial charge in [0.1, 0.15) is 5.15 Å². The molecule has 0 aromatic carbocycles. The Morgan fingerprint density at radius 2 is 1.81 bits per heavy atom. The van der Waals surface area contributed by atoms with Crippen LogP contribution in [-0.4, -0.2) is 18.1 Å². The van der Waals surface area contributed by atoms with E-state index in [2.05, 4.69) is 25.8 Å². The van der Waals surface area contributed by atoms with Crippen LogP contribution in [0.25, 0.3) is 0 Å². The molecule has 16 heavy (non-hydrogen) atoms. The SMILES string of the molecule is Cc1nc(Cl)c(C)c(N2CCCCC2)c1Br. The second kappa shape index (κ2) is 4.92. The zero-order valence-corrected chi connectivity index (χ0v) is 12.0. The van der Waals surface area contributed by atoms with Gasteiger partial charge in [-0.1, -0.05) is 11.6 Å². The van der Waals surface area contributed by atoms with Gasteiger partial charge in [-0.15, -0.1) is 0 Å². The molecule has 1 aromatic heterocycles. The van der Waals surface area contributed by atoms with E-state index in [1.165, 1.54) is 24.9 Å². The average Bonchev–Trinajstić information content (AvgIpc) is 2.28. The minimum atomic E-state index is 0.626. The van der Waals surface area contributed by atoms with Crippen molar-refractivity contribution in [3.63, 3.8) is 0 Å². The lowest BCUT2D eigenvalue weighted by Crippen LogP contribution is -2.30. The molecule has 0 aliphatic carbocycles. The second-order valence-corrected chi connectivity index (χ2v) is 5.47. The van der Waals surface area contributed by atoms with Gasteiger partial charge in [0.15, 0.2) is 0 Å². The Morgan fingerprint density at radius 1 is 1.19 bits per heavy atom. The number of aryl methyl sites for hydroxylation is 1. The van der Waals surface area contributed by atoms with Crippen LogP contribution in [0.1, 0.15) is 30.5 Å². The topological polar surface area (TPSA) is 16.1 Å². The molecule has 0 bridgehead atoms. The highest BCUT2D eigenvalue weighted by atomic mass is 79.9. The number of pyridine rings is 1. The van der Waals surface area contributed by atoms with Crippen LogP contribution in [0.4, 0.5) is 5.69 Å². The van der Waals surface area contributed by atoms with Gasteiger partial charge < -0.3 is 4.90 Å². The predicted molar refractivity (Wildman–Crippen MR) is 72.5 cm³/mol. The summed E-state index contributed by atoms with van der Waals surface area (Å²) in [7, 11) is 0. The molecule has 88 valence electrons. The van der Waals surface area contributed by atoms with Gasteiger partial charge in [0.2, 0.25) is 0 Å². The maximum absolute atomic E-state index is 6.15. The van der Waals surface area contributed by atoms with Crippen LogP contribution in [0.15, 0.2) is 4.47 Å². The zero-order chi connectivity index (χ0) is 11.7. The van der Waals surface area contributed by atoms with Gasteiger partial charge >= 0.3 is 0 Å². The zero-order valence-electron chi connectivity index (χ0n) is 9.69. The molecular weight excluding hydrogens is 288 g/mol. The number of aromatic nitrogens is 1. The first-order chi connectivity index (χ1) is 7.61. The molecule has 0 N–H and O–H groups in total. The predicted octanol–water partition coefficient (Wildman–Crippen LogP) is 4.10. The number of halogens is 2. The van der Waals surface area contributed by atoms with E-state index in [0.29, 0.717) is 5.15 Å². The summed E-state index contributed by atoms with van der Waals surface area (Å²) in [5.74, 6) is 0. The average molecular weight is 304 g/mol. The second-order valence-electron chi connectivity index (χ2n) is 4.32. The lowest BCUT2D eigenvalue weighted by Gasteiger charge is -2.31. The van der Waals surface area contributed by atoms with Crippen LogP contribution in [0.5, 0.6) is 0 Å². The van der Waals surface area contributed by atoms with Gasteiger partial charge in [-0.25, -0.2) is 4.98 Å². The molecule has 1 fully saturated rings. The molecule has 0 saturated carbocycles. The molecule has 1 aromatic rings. The summed E-state index contributed by atoms with van der Waals surface area (Å²) >= 11 is 9.79. The molecular formula is C12H16BrClN2. The minimum Gasteiger partial charge on any atom is -0.370 e. The quantitative estimate of drug-likeness (QED) is 0.726. The highest BCUT2D eigenvalue weighted by Gasteiger charge is 2.19. The summed E-state index contributed by atoms with van der Waals surface area (Å²) in [5, 5.41) is 0.626. The Bertz CT molecular complexity index is 374. The number of hydrogen-bond acceptors (Lipinski definition) is 2. The fourth-order valence-corrected chi connectivity index (χ4v) is 3.06. The standard InChI is InChI=1S/C12H16BrClN2/c1-8-11(16-6-4-3-5-7-16)10(13)9(2)15-12(8)14/h3-7H2,1-2H3. The summed E-state index contributed by atoms with van der Waals surface area (Å²) in [6.45, 7) is 6.28. The maximum Gasteiger partial charge on any atom is 0.134 e. The van der Waals surface area contributed by atoms with Crippen LogP contribution in [0, 0.1) is 13.8 Å². The third-order valence-corrected chi connectivity index (χ3v) is 4.45. The van der Waals surface area contributed by atoms with Crippen molar-refractivity contribution in [2.45, 2.75) is 33.1 Å². The Hall–Kier alpha value is -0.280. The molecule has 2 heterocycles. The summed E-state index contributed by atoms with van der Waals surface area (Å²) in [5.41, 5.74) is 3.29. The fourth-order valence-electron chi connectivity index (χ4n) is 2.21. The monoisotopic (exact) mass is 302 g/mol. The lowest BCUT2D eigenvalue weighted by molar-refractivity contribution is 0.576. The van der Waals surface area contributed by atoms with Crippen molar-refractivity contribution in [1.82, 2.24) is 4.98 Å². The summed E-state index contributed by atoms with van der Waals surface area (Å²) in [6.07, 6.45) is 3.88. The number of hydrogen-bond donors (Lipinski definition) is 0. The molecule has 4 heteroatoms. The van der Waals surface area contributed by atoms with Crippen molar-refractivity contribution in [2.75, 3.05) is 18.0 Å². The molecule has 0 amide bonds. The summed E-state index contributed by atoms with van der Waals surface area (Å²) in [6, 6.07) is 0. The van der Waals surface area contributed by atoms with Crippen molar-refractivity contribution in [3.05, 3.63) is 20.9 Å². The van der Waals surface area contributed by atoms with E-state index in [1.807, 2.05) is 13.8 Å². The van der Waals surface area contributed by atoms with Crippen LogP contribution in [-0.2, 0) is 0 Å². The third-order valence-electron chi connectivity index (χ3n) is 3.13. The largest absolute Gasteiger partial charge is 0.370 e. The number of nitrogens with zero attached hydrogens (tertiary/aromatic N) is 2. The number of piperidine rings is 1. The van der Waals surface area contributed by atoms with Crippen LogP contribution in [0.3, 0.4) is 0 Å². The number of anilines is 1. The molecule has 1 saturated heterocycles. The van der Waals surface area contributed by atoms with Crippen molar-refractivity contribution >= 4 is 33.2 Å². The van der Waals surface area contributed by atoms with Gasteiger partial charge in [-0.05, 0) is 49.0 Å². The van der Waals surface area contributed by atoms with Gasteiger partial charge in [0.05, 0.1) is 15.9 Å². The Morgan fingerprint density at radius 3 is 2.44 bits per heavy atom. The highest BCUT2D eigenvalue weighted by Crippen LogP contribution is 2.36. The van der Waals surface area contributed by atoms with Crippen molar-refractivity contribution in [1.29, 1.82) is 0 Å². The highest BCUT2D eigenvalue weighted by molar-refractivity contribution is 9.10.